The summed E-state index contributed by atoms with van der Waals surface area (Å²) in [4.78, 5) is 0. The summed E-state index contributed by atoms with van der Waals surface area (Å²) in [5, 5.41) is 12.9. The highest BCUT2D eigenvalue weighted by atomic mass is 35.5. The number of hydrogen-bond donors (Lipinski definition) is 1. The van der Waals surface area contributed by atoms with E-state index in [-0.39, 0.29) is 0 Å². The lowest BCUT2D eigenvalue weighted by molar-refractivity contribution is 0.414. The minimum atomic E-state index is 0.641. The van der Waals surface area contributed by atoms with Crippen LogP contribution in [0.5, 0.6) is 5.75 Å². The Hall–Kier alpha value is -2.86. The number of methoxy groups -OCH3 is 1. The summed E-state index contributed by atoms with van der Waals surface area (Å²) in [7, 11) is 1.63. The first-order chi connectivity index (χ1) is 11.2. The van der Waals surface area contributed by atoms with Gasteiger partial charge in [0.05, 0.1) is 30.9 Å². The molecular weight excluding hydrogens is 314 g/mol. The first-order valence-corrected chi connectivity index (χ1v) is 7.24. The molecule has 1 aromatic heterocycles. The molecule has 0 atom stereocenters. The zero-order valence-corrected chi connectivity index (χ0v) is 13.1. The van der Waals surface area contributed by atoms with Crippen LogP contribution < -0.4 is 10.2 Å². The Bertz CT molecular complexity index is 796. The number of ether oxygens (including phenoxy) is 1. The van der Waals surface area contributed by atoms with Gasteiger partial charge in [-0.15, -0.1) is 5.10 Å². The second-order valence-electron chi connectivity index (χ2n) is 4.66. The number of aromatic nitrogens is 3. The van der Waals surface area contributed by atoms with Gasteiger partial charge in [-0.3, -0.25) is 5.43 Å². The highest BCUT2D eigenvalue weighted by molar-refractivity contribution is 6.30. The van der Waals surface area contributed by atoms with Crippen molar-refractivity contribution in [3.05, 3.63) is 65.4 Å². The number of nitrogens with zero attached hydrogens (tertiary/aromatic N) is 4. The van der Waals surface area contributed by atoms with E-state index in [2.05, 4.69) is 20.8 Å². The molecule has 7 heteroatoms. The van der Waals surface area contributed by atoms with Crippen LogP contribution in [-0.2, 0) is 0 Å². The Morgan fingerprint density at radius 1 is 1.13 bits per heavy atom. The molecule has 0 saturated heterocycles. The number of halogens is 1. The Kier molecular flexibility index (Phi) is 4.54. The Labute approximate surface area is 138 Å². The predicted molar refractivity (Wildman–Crippen MR) is 90.6 cm³/mol. The Morgan fingerprint density at radius 2 is 1.87 bits per heavy atom. The standard InChI is InChI=1S/C16H14ClN5O/c1-23-16-8-6-15(7-9-16)22-11-14(20-21-22)10-18-19-13-4-2-12(17)3-5-13/h2-11,19H,1H3/b18-10+. The summed E-state index contributed by atoms with van der Waals surface area (Å²) >= 11 is 5.83. The van der Waals surface area contributed by atoms with Gasteiger partial charge in [0.25, 0.3) is 0 Å². The third kappa shape index (κ3) is 3.87. The van der Waals surface area contributed by atoms with E-state index in [1.54, 1.807) is 36.3 Å². The average Bonchev–Trinajstić information content (AvgIpc) is 3.06. The summed E-state index contributed by atoms with van der Waals surface area (Å²) in [6.45, 7) is 0. The van der Waals surface area contributed by atoms with Gasteiger partial charge in [-0.25, -0.2) is 4.68 Å². The maximum Gasteiger partial charge on any atom is 0.126 e. The summed E-state index contributed by atoms with van der Waals surface area (Å²) in [5.41, 5.74) is 5.28. The van der Waals surface area contributed by atoms with Crippen LogP contribution in [0.25, 0.3) is 5.69 Å². The average molecular weight is 328 g/mol. The molecule has 0 radical (unpaired) electrons. The molecule has 0 unspecified atom stereocenters. The van der Waals surface area contributed by atoms with Crippen molar-refractivity contribution in [1.82, 2.24) is 15.0 Å². The van der Waals surface area contributed by atoms with Gasteiger partial charge in [0, 0.05) is 5.02 Å². The third-order valence-corrected chi connectivity index (χ3v) is 3.33. The van der Waals surface area contributed by atoms with Crippen molar-refractivity contribution in [2.75, 3.05) is 12.5 Å². The maximum absolute atomic E-state index is 5.83. The van der Waals surface area contributed by atoms with Crippen molar-refractivity contribution in [2.45, 2.75) is 0 Å². The van der Waals surface area contributed by atoms with Crippen molar-refractivity contribution in [2.24, 2.45) is 5.10 Å². The van der Waals surface area contributed by atoms with E-state index >= 15 is 0 Å². The number of hydrazone groups is 1. The molecule has 6 nitrogen and oxygen atoms in total. The molecule has 0 aliphatic carbocycles. The van der Waals surface area contributed by atoms with E-state index < -0.39 is 0 Å². The fraction of sp³-hybridized carbons (Fsp3) is 0.0625. The maximum atomic E-state index is 5.83. The van der Waals surface area contributed by atoms with Crippen LogP contribution in [0.2, 0.25) is 5.02 Å². The van der Waals surface area contributed by atoms with E-state index in [0.717, 1.165) is 17.1 Å². The molecule has 3 aromatic rings. The lowest BCUT2D eigenvalue weighted by Crippen LogP contribution is -1.94. The lowest BCUT2D eigenvalue weighted by Gasteiger charge is -2.01. The topological polar surface area (TPSA) is 64.3 Å². The molecule has 0 aliphatic heterocycles. The van der Waals surface area contributed by atoms with Gasteiger partial charge in [0.15, 0.2) is 0 Å². The fourth-order valence-corrected chi connectivity index (χ4v) is 2.02. The minimum absolute atomic E-state index is 0.641. The molecule has 116 valence electrons. The predicted octanol–water partition coefficient (Wildman–Crippen LogP) is 3.38. The number of anilines is 1. The van der Waals surface area contributed by atoms with Gasteiger partial charge in [-0.05, 0) is 48.5 Å². The molecule has 0 spiro atoms. The number of benzene rings is 2. The van der Waals surface area contributed by atoms with Gasteiger partial charge in [-0.2, -0.15) is 5.10 Å². The van der Waals surface area contributed by atoms with E-state index in [4.69, 9.17) is 16.3 Å². The molecule has 23 heavy (non-hydrogen) atoms. The Morgan fingerprint density at radius 3 is 2.57 bits per heavy atom. The van der Waals surface area contributed by atoms with Crippen molar-refractivity contribution < 1.29 is 4.74 Å². The third-order valence-electron chi connectivity index (χ3n) is 3.08. The van der Waals surface area contributed by atoms with E-state index in [9.17, 15) is 0 Å². The van der Waals surface area contributed by atoms with Crippen LogP contribution in [0.3, 0.4) is 0 Å². The summed E-state index contributed by atoms with van der Waals surface area (Å²) < 4.78 is 6.80. The second kappa shape index (κ2) is 6.93. The second-order valence-corrected chi connectivity index (χ2v) is 5.10. The van der Waals surface area contributed by atoms with E-state index in [1.165, 1.54) is 0 Å². The summed E-state index contributed by atoms with van der Waals surface area (Å²) in [5.74, 6) is 0.794. The van der Waals surface area contributed by atoms with Crippen molar-refractivity contribution in [3.8, 4) is 11.4 Å². The summed E-state index contributed by atoms with van der Waals surface area (Å²) in [6, 6.07) is 14.8. The first-order valence-electron chi connectivity index (χ1n) is 6.86. The van der Waals surface area contributed by atoms with Crippen LogP contribution in [0.1, 0.15) is 5.69 Å². The van der Waals surface area contributed by atoms with Gasteiger partial charge in [-0.1, -0.05) is 16.8 Å². The largest absolute Gasteiger partial charge is 0.497 e. The molecule has 0 aliphatic rings. The van der Waals surface area contributed by atoms with Gasteiger partial charge in [0.1, 0.15) is 11.4 Å². The zero-order chi connectivity index (χ0) is 16.1. The number of rotatable bonds is 5. The van der Waals surface area contributed by atoms with E-state index in [0.29, 0.717) is 10.7 Å². The zero-order valence-electron chi connectivity index (χ0n) is 12.3. The molecule has 0 amide bonds. The lowest BCUT2D eigenvalue weighted by atomic mass is 10.3. The van der Waals surface area contributed by atoms with Gasteiger partial charge >= 0.3 is 0 Å². The number of hydrogen-bond acceptors (Lipinski definition) is 5. The van der Waals surface area contributed by atoms with Gasteiger partial charge in [0.2, 0.25) is 0 Å². The van der Waals surface area contributed by atoms with Crippen LogP contribution in [-0.4, -0.2) is 28.3 Å². The van der Waals surface area contributed by atoms with Crippen LogP contribution in [0.15, 0.2) is 59.8 Å². The Balaban J connectivity index is 1.66. The highest BCUT2D eigenvalue weighted by Gasteiger charge is 2.01. The number of nitrogens with one attached hydrogen (secondary N) is 1. The molecule has 2 aromatic carbocycles. The molecule has 0 fully saturated rings. The first kappa shape index (κ1) is 15.1. The normalized spacial score (nSPS) is 10.9. The highest BCUT2D eigenvalue weighted by Crippen LogP contribution is 2.14. The summed E-state index contributed by atoms with van der Waals surface area (Å²) in [6.07, 6.45) is 3.39. The minimum Gasteiger partial charge on any atom is -0.497 e. The van der Waals surface area contributed by atoms with Crippen molar-refractivity contribution in [1.29, 1.82) is 0 Å². The monoisotopic (exact) mass is 327 g/mol. The molecule has 1 N–H and O–H groups in total. The smallest absolute Gasteiger partial charge is 0.126 e. The van der Waals surface area contributed by atoms with Crippen LogP contribution in [0, 0.1) is 0 Å². The van der Waals surface area contributed by atoms with E-state index in [1.807, 2.05) is 36.4 Å². The van der Waals surface area contributed by atoms with Crippen LogP contribution in [0.4, 0.5) is 5.69 Å². The van der Waals surface area contributed by atoms with Crippen LogP contribution >= 0.6 is 11.6 Å². The molecule has 0 bridgehead atoms. The van der Waals surface area contributed by atoms with Gasteiger partial charge < -0.3 is 4.74 Å². The molecule has 1 heterocycles. The van der Waals surface area contributed by atoms with Crippen molar-refractivity contribution >= 4 is 23.5 Å². The van der Waals surface area contributed by atoms with Crippen molar-refractivity contribution in [3.63, 3.8) is 0 Å². The molecule has 3 rings (SSSR count). The molecule has 0 saturated carbocycles. The SMILES string of the molecule is COc1ccc(-n2cc(/C=N/Nc3ccc(Cl)cc3)nn2)cc1. The fourth-order valence-electron chi connectivity index (χ4n) is 1.89. The quantitative estimate of drug-likeness (QED) is 0.576. The molecular formula is C16H14ClN5O.